The van der Waals surface area contributed by atoms with Crippen molar-refractivity contribution in [3.63, 3.8) is 0 Å². The number of fused-ring (bicyclic) bond motifs is 2. The zero-order chi connectivity index (χ0) is 24.0. The van der Waals surface area contributed by atoms with Crippen LogP contribution in [0.2, 0.25) is 5.02 Å². The van der Waals surface area contributed by atoms with Gasteiger partial charge in [-0.05, 0) is 18.2 Å². The number of nitrogens with one attached hydrogen (secondary N) is 2. The molecule has 2 saturated heterocycles. The largest absolute Gasteiger partial charge is 0.471 e. The van der Waals surface area contributed by atoms with Crippen LogP contribution in [-0.4, -0.2) is 70.6 Å². The highest BCUT2D eigenvalue weighted by Gasteiger charge is 2.48. The molecule has 5 rings (SSSR count). The molecule has 3 N–H and O–H groups in total. The van der Waals surface area contributed by atoms with Gasteiger partial charge >= 0.3 is 0 Å². The van der Waals surface area contributed by atoms with Crippen molar-refractivity contribution in [2.75, 3.05) is 20.3 Å². The zero-order valence-electron chi connectivity index (χ0n) is 17.7. The van der Waals surface area contributed by atoms with Crippen LogP contribution in [0.5, 0.6) is 11.9 Å². The number of carbonyl (C=O) groups excluding carboxylic acids is 1. The number of aliphatic hydroxyl groups is 1. The molecule has 0 saturated carbocycles. The Morgan fingerprint density at radius 2 is 1.97 bits per heavy atom. The monoisotopic (exact) mass is 496 g/mol. The molecule has 0 aliphatic carbocycles. The first-order chi connectivity index (χ1) is 16.3. The molecule has 180 valence electrons. The van der Waals surface area contributed by atoms with Gasteiger partial charge in [0.25, 0.3) is 11.9 Å². The maximum absolute atomic E-state index is 14.4. The van der Waals surface area contributed by atoms with E-state index in [4.69, 9.17) is 30.5 Å². The van der Waals surface area contributed by atoms with Crippen LogP contribution in [0.25, 0.3) is 11.2 Å². The maximum atomic E-state index is 14.4. The van der Waals surface area contributed by atoms with Crippen LogP contribution in [0.3, 0.4) is 0 Å². The van der Waals surface area contributed by atoms with E-state index < -0.39 is 48.6 Å². The fraction of sp³-hybridized carbons (Fsp3) is 0.381. The van der Waals surface area contributed by atoms with Gasteiger partial charge in [0.2, 0.25) is 5.88 Å². The number of aromatic nitrogens is 3. The number of aliphatic hydroxyl groups excluding tert-OH is 1. The highest BCUT2D eigenvalue weighted by molar-refractivity contribution is 6.32. The smallest absolute Gasteiger partial charge is 0.296 e. The summed E-state index contributed by atoms with van der Waals surface area (Å²) in [4.78, 5) is 23.0. The van der Waals surface area contributed by atoms with E-state index >= 15 is 0 Å². The number of ether oxygens (including phenoxy) is 4. The van der Waals surface area contributed by atoms with Crippen LogP contribution < -0.4 is 14.8 Å². The fourth-order valence-corrected chi connectivity index (χ4v) is 4.09. The van der Waals surface area contributed by atoms with Crippen molar-refractivity contribution < 1.29 is 37.6 Å². The molecule has 2 aliphatic heterocycles. The molecule has 1 amide bonds. The van der Waals surface area contributed by atoms with Gasteiger partial charge in [-0.2, -0.15) is 9.97 Å². The van der Waals surface area contributed by atoms with Crippen LogP contribution in [0.1, 0.15) is 15.9 Å². The van der Waals surface area contributed by atoms with Crippen molar-refractivity contribution in [1.29, 1.82) is 0 Å². The third-order valence-corrected chi connectivity index (χ3v) is 5.87. The summed E-state index contributed by atoms with van der Waals surface area (Å²) in [6.45, 7) is -0.120. The standard InChI is InChI=1S/C21H19ClF2N4O6/c1-25-19(30)8-2-11(23)9(12(24)3-8)5-33-20-10(22)4-13-18(27-20)28-21(26-13)34-15-7-32-16-14(29)6-31-17(15)16/h2-4,14-17,29H,5-7H2,1H3,(H,25,30)(H,26,27,28)/t14-,15-,16?,17-/m1/s1. The molecule has 1 aromatic carbocycles. The van der Waals surface area contributed by atoms with Crippen molar-refractivity contribution in [2.24, 2.45) is 0 Å². The molecule has 34 heavy (non-hydrogen) atoms. The Hall–Kier alpha value is -3.06. The molecule has 0 radical (unpaired) electrons. The molecule has 1 unspecified atom stereocenters. The molecule has 2 aromatic heterocycles. The van der Waals surface area contributed by atoms with E-state index in [1.54, 1.807) is 0 Å². The van der Waals surface area contributed by atoms with Crippen LogP contribution in [0.15, 0.2) is 18.2 Å². The van der Waals surface area contributed by atoms with Gasteiger partial charge in [0.15, 0.2) is 11.8 Å². The van der Waals surface area contributed by atoms with Gasteiger partial charge in [-0.3, -0.25) is 4.79 Å². The predicted molar refractivity (Wildman–Crippen MR) is 113 cm³/mol. The molecule has 10 nitrogen and oxygen atoms in total. The number of halogens is 3. The van der Waals surface area contributed by atoms with Crippen LogP contribution >= 0.6 is 11.6 Å². The lowest BCUT2D eigenvalue weighted by Gasteiger charge is -2.15. The van der Waals surface area contributed by atoms with Gasteiger partial charge < -0.3 is 34.4 Å². The van der Waals surface area contributed by atoms with E-state index in [2.05, 4.69) is 20.3 Å². The Labute approximate surface area is 196 Å². The number of nitrogens with zero attached hydrogens (tertiary/aromatic N) is 2. The normalized spacial score (nSPS) is 23.8. The molecule has 4 atom stereocenters. The summed E-state index contributed by atoms with van der Waals surface area (Å²) < 4.78 is 51.0. The van der Waals surface area contributed by atoms with E-state index in [-0.39, 0.29) is 46.9 Å². The van der Waals surface area contributed by atoms with Gasteiger partial charge in [-0.25, -0.2) is 8.78 Å². The van der Waals surface area contributed by atoms with E-state index in [1.807, 2.05) is 0 Å². The number of H-pyrrole nitrogens is 1. The van der Waals surface area contributed by atoms with E-state index in [0.717, 1.165) is 12.1 Å². The Bertz CT molecular complexity index is 1230. The first-order valence-corrected chi connectivity index (χ1v) is 10.7. The number of aromatic amines is 1. The van der Waals surface area contributed by atoms with E-state index in [1.165, 1.54) is 13.1 Å². The Morgan fingerprint density at radius 3 is 2.71 bits per heavy atom. The second-order valence-electron chi connectivity index (χ2n) is 7.79. The summed E-state index contributed by atoms with van der Waals surface area (Å²) in [5, 5.41) is 12.2. The average Bonchev–Trinajstić information content (AvgIpc) is 3.49. The second-order valence-corrected chi connectivity index (χ2v) is 8.20. The number of rotatable bonds is 6. The average molecular weight is 497 g/mol. The molecular weight excluding hydrogens is 478 g/mol. The molecule has 2 fully saturated rings. The Morgan fingerprint density at radius 1 is 1.24 bits per heavy atom. The van der Waals surface area contributed by atoms with Gasteiger partial charge in [-0.15, -0.1) is 0 Å². The van der Waals surface area contributed by atoms with E-state index in [9.17, 15) is 18.7 Å². The lowest BCUT2D eigenvalue weighted by molar-refractivity contribution is 0.00706. The Kier molecular flexibility index (Phi) is 5.98. The topological polar surface area (TPSA) is 128 Å². The highest BCUT2D eigenvalue weighted by Crippen LogP contribution is 2.31. The van der Waals surface area contributed by atoms with Crippen molar-refractivity contribution in [3.8, 4) is 11.9 Å². The summed E-state index contributed by atoms with van der Waals surface area (Å²) in [6, 6.07) is 3.46. The molecule has 13 heteroatoms. The van der Waals surface area contributed by atoms with Crippen molar-refractivity contribution in [2.45, 2.75) is 31.0 Å². The SMILES string of the molecule is CNC(=O)c1cc(F)c(COc2nc3nc(O[C@@H]4COC5[C@H](O)CO[C@@H]54)[nH]c3cc2Cl)c(F)c1. The van der Waals surface area contributed by atoms with Gasteiger partial charge in [0.1, 0.15) is 41.6 Å². The summed E-state index contributed by atoms with van der Waals surface area (Å²) in [6.07, 6.45) is -2.05. The van der Waals surface area contributed by atoms with Crippen LogP contribution in [0, 0.1) is 11.6 Å². The fourth-order valence-electron chi connectivity index (χ4n) is 3.88. The summed E-state index contributed by atoms with van der Waals surface area (Å²) in [5.41, 5.74) is 0.112. The molecule has 2 aliphatic rings. The number of pyridine rings is 1. The molecular formula is C21H19ClF2N4O6. The summed E-state index contributed by atoms with van der Waals surface area (Å²) >= 11 is 6.22. The summed E-state index contributed by atoms with van der Waals surface area (Å²) in [5.74, 6) is -2.59. The zero-order valence-corrected chi connectivity index (χ0v) is 18.4. The third-order valence-electron chi connectivity index (χ3n) is 5.60. The number of carbonyl (C=O) groups is 1. The van der Waals surface area contributed by atoms with Crippen molar-refractivity contribution >= 4 is 28.7 Å². The molecule has 0 bridgehead atoms. The van der Waals surface area contributed by atoms with Crippen LogP contribution in [0.4, 0.5) is 8.78 Å². The van der Waals surface area contributed by atoms with Gasteiger partial charge in [0.05, 0.1) is 24.3 Å². The number of imidazole rings is 1. The van der Waals surface area contributed by atoms with Gasteiger partial charge in [0, 0.05) is 12.6 Å². The lowest BCUT2D eigenvalue weighted by Crippen LogP contribution is -2.34. The molecule has 4 heterocycles. The molecule has 0 spiro atoms. The third kappa shape index (κ3) is 4.13. The Balaban J connectivity index is 1.31. The minimum Gasteiger partial charge on any atom is -0.471 e. The lowest BCUT2D eigenvalue weighted by atomic mass is 10.1. The number of hydrogen-bond acceptors (Lipinski definition) is 8. The van der Waals surface area contributed by atoms with Crippen LogP contribution in [-0.2, 0) is 16.1 Å². The molecule has 3 aromatic rings. The minimum absolute atomic E-state index is 0.0806. The number of benzene rings is 1. The van der Waals surface area contributed by atoms with Crippen molar-refractivity contribution in [1.82, 2.24) is 20.3 Å². The second kappa shape index (κ2) is 8.95. The first-order valence-electron chi connectivity index (χ1n) is 10.3. The predicted octanol–water partition coefficient (Wildman–Crippen LogP) is 1.73. The van der Waals surface area contributed by atoms with E-state index in [0.29, 0.717) is 5.52 Å². The first kappa shape index (κ1) is 22.7. The summed E-state index contributed by atoms with van der Waals surface area (Å²) in [7, 11) is 1.36. The number of amides is 1. The minimum atomic E-state index is -0.942. The highest BCUT2D eigenvalue weighted by atomic mass is 35.5. The van der Waals surface area contributed by atoms with Gasteiger partial charge in [-0.1, -0.05) is 11.6 Å². The number of hydrogen-bond donors (Lipinski definition) is 3. The quantitative estimate of drug-likeness (QED) is 0.471. The maximum Gasteiger partial charge on any atom is 0.296 e. The van der Waals surface area contributed by atoms with Crippen molar-refractivity contribution in [3.05, 3.63) is 46.0 Å².